The van der Waals surface area contributed by atoms with Crippen molar-refractivity contribution in [1.82, 2.24) is 10.6 Å². The molecule has 0 radical (unpaired) electrons. The summed E-state index contributed by atoms with van der Waals surface area (Å²) in [5.41, 5.74) is 2.40. The molecule has 24 heavy (non-hydrogen) atoms. The average molecular weight is 332 g/mol. The molecule has 5 nitrogen and oxygen atoms in total. The molecule has 2 amide bonds. The molecule has 0 spiro atoms. The fourth-order valence-corrected chi connectivity index (χ4v) is 2.22. The van der Waals surface area contributed by atoms with Gasteiger partial charge in [-0.1, -0.05) is 31.6 Å². The van der Waals surface area contributed by atoms with Crippen molar-refractivity contribution in [2.75, 3.05) is 6.54 Å². The molecule has 0 fully saturated rings. The summed E-state index contributed by atoms with van der Waals surface area (Å²) in [5, 5.41) is 15.3. The smallest absolute Gasteiger partial charge is 0.251 e. The minimum atomic E-state index is -0.529. The molecule has 0 aliphatic heterocycles. The molecule has 0 saturated heterocycles. The van der Waals surface area contributed by atoms with Crippen molar-refractivity contribution in [2.24, 2.45) is 5.92 Å². The molecule has 3 N–H and O–H groups in total. The average Bonchev–Trinajstić information content (AvgIpc) is 2.50. The lowest BCUT2D eigenvalue weighted by atomic mass is 10.1. The lowest BCUT2D eigenvalue weighted by Gasteiger charge is -2.14. The van der Waals surface area contributed by atoms with Gasteiger partial charge in [0.25, 0.3) is 5.91 Å². The monoisotopic (exact) mass is 332 g/mol. The van der Waals surface area contributed by atoms with E-state index in [1.165, 1.54) is 0 Å². The van der Waals surface area contributed by atoms with Gasteiger partial charge < -0.3 is 15.7 Å². The van der Waals surface area contributed by atoms with Gasteiger partial charge >= 0.3 is 0 Å². The topological polar surface area (TPSA) is 78.4 Å². The highest BCUT2D eigenvalue weighted by Gasteiger charge is 2.10. The van der Waals surface area contributed by atoms with E-state index in [0.717, 1.165) is 11.1 Å². The largest absolute Gasteiger partial charge is 0.391 e. The van der Waals surface area contributed by atoms with Gasteiger partial charge in [-0.15, -0.1) is 0 Å². The maximum absolute atomic E-state index is 12.0. The van der Waals surface area contributed by atoms with E-state index in [0.29, 0.717) is 24.4 Å². The number of amides is 2. The standard InChI is InChI=1S/C19H28N2O3/c1-13(2)9-17(22)12-21-19(24)16-7-5-15(6-8-16)11-20-18(23)10-14(3)4/h5-8,10,13,17,22H,9,11-12H2,1-4H3,(H,20,23)(H,21,24). The Morgan fingerprint density at radius 2 is 1.75 bits per heavy atom. The van der Waals surface area contributed by atoms with Crippen LogP contribution in [0.15, 0.2) is 35.9 Å². The van der Waals surface area contributed by atoms with Gasteiger partial charge in [-0.3, -0.25) is 9.59 Å². The Kier molecular flexibility index (Phi) is 8.19. The van der Waals surface area contributed by atoms with E-state index in [4.69, 9.17) is 0 Å². The van der Waals surface area contributed by atoms with E-state index in [2.05, 4.69) is 10.6 Å². The van der Waals surface area contributed by atoms with Crippen LogP contribution in [0.3, 0.4) is 0 Å². The van der Waals surface area contributed by atoms with Crippen molar-refractivity contribution >= 4 is 11.8 Å². The van der Waals surface area contributed by atoms with Crippen molar-refractivity contribution in [1.29, 1.82) is 0 Å². The third-order valence-electron chi connectivity index (χ3n) is 3.34. The van der Waals surface area contributed by atoms with Crippen molar-refractivity contribution < 1.29 is 14.7 Å². The molecule has 1 unspecified atom stereocenters. The van der Waals surface area contributed by atoms with E-state index in [1.807, 2.05) is 39.8 Å². The second kappa shape index (κ2) is 9.88. The zero-order valence-electron chi connectivity index (χ0n) is 14.9. The highest BCUT2D eigenvalue weighted by atomic mass is 16.3. The molecule has 1 aromatic rings. The summed E-state index contributed by atoms with van der Waals surface area (Å²) >= 11 is 0. The first-order chi connectivity index (χ1) is 11.3. The second-order valence-corrected chi connectivity index (χ2v) is 6.63. The van der Waals surface area contributed by atoms with Gasteiger partial charge in [0.05, 0.1) is 6.10 Å². The molecule has 1 atom stereocenters. The Morgan fingerprint density at radius 1 is 1.12 bits per heavy atom. The van der Waals surface area contributed by atoms with Crippen molar-refractivity contribution in [3.63, 3.8) is 0 Å². The van der Waals surface area contributed by atoms with Crippen LogP contribution >= 0.6 is 0 Å². The summed E-state index contributed by atoms with van der Waals surface area (Å²) in [7, 11) is 0. The van der Waals surface area contributed by atoms with E-state index in [-0.39, 0.29) is 18.4 Å². The fraction of sp³-hybridized carbons (Fsp3) is 0.474. The summed E-state index contributed by atoms with van der Waals surface area (Å²) in [5.74, 6) is 0.0478. The van der Waals surface area contributed by atoms with Crippen molar-refractivity contribution in [3.8, 4) is 0 Å². The van der Waals surface area contributed by atoms with Crippen LogP contribution in [0.5, 0.6) is 0 Å². The Morgan fingerprint density at radius 3 is 2.29 bits per heavy atom. The van der Waals surface area contributed by atoms with Gasteiger partial charge in [0.15, 0.2) is 0 Å². The Hall–Kier alpha value is -2.14. The summed E-state index contributed by atoms with van der Waals surface area (Å²) in [6, 6.07) is 7.05. The predicted octanol–water partition coefficient (Wildman–Crippen LogP) is 2.41. The Balaban J connectivity index is 2.47. The van der Waals surface area contributed by atoms with E-state index in [9.17, 15) is 14.7 Å². The number of carbonyl (C=O) groups is 2. The summed E-state index contributed by atoms with van der Waals surface area (Å²) in [4.78, 5) is 23.6. The maximum atomic E-state index is 12.0. The Bertz CT molecular complexity index is 573. The number of nitrogens with one attached hydrogen (secondary N) is 2. The third kappa shape index (κ3) is 7.92. The molecular formula is C19H28N2O3. The van der Waals surface area contributed by atoms with Gasteiger partial charge in [0.1, 0.15) is 0 Å². The van der Waals surface area contributed by atoms with Gasteiger partial charge in [-0.05, 0) is 43.9 Å². The molecule has 1 aromatic carbocycles. The molecule has 0 aliphatic rings. The molecule has 0 heterocycles. The molecule has 0 aromatic heterocycles. The highest BCUT2D eigenvalue weighted by molar-refractivity contribution is 5.94. The van der Waals surface area contributed by atoms with Crippen molar-refractivity contribution in [2.45, 2.75) is 46.8 Å². The van der Waals surface area contributed by atoms with Crippen LogP contribution in [0.2, 0.25) is 0 Å². The number of benzene rings is 1. The highest BCUT2D eigenvalue weighted by Crippen LogP contribution is 2.06. The molecular weight excluding hydrogens is 304 g/mol. The molecule has 0 bridgehead atoms. The molecule has 0 saturated carbocycles. The zero-order chi connectivity index (χ0) is 18.1. The molecule has 132 valence electrons. The molecule has 0 aliphatic carbocycles. The first-order valence-corrected chi connectivity index (χ1v) is 8.26. The number of aliphatic hydroxyl groups excluding tert-OH is 1. The van der Waals surface area contributed by atoms with Crippen LogP contribution in [-0.2, 0) is 11.3 Å². The quantitative estimate of drug-likeness (QED) is 0.640. The van der Waals surface area contributed by atoms with Crippen LogP contribution in [0.25, 0.3) is 0 Å². The van der Waals surface area contributed by atoms with Gasteiger partial charge in [0, 0.05) is 24.7 Å². The second-order valence-electron chi connectivity index (χ2n) is 6.63. The predicted molar refractivity (Wildman–Crippen MR) is 95.5 cm³/mol. The number of aliphatic hydroxyl groups is 1. The summed E-state index contributed by atoms with van der Waals surface area (Å²) < 4.78 is 0. The molecule has 5 heteroatoms. The van der Waals surface area contributed by atoms with E-state index < -0.39 is 6.10 Å². The Labute approximate surface area is 144 Å². The van der Waals surface area contributed by atoms with Crippen LogP contribution in [0.4, 0.5) is 0 Å². The maximum Gasteiger partial charge on any atom is 0.251 e. The van der Waals surface area contributed by atoms with Crippen LogP contribution in [0, 0.1) is 5.92 Å². The van der Waals surface area contributed by atoms with Gasteiger partial charge in [-0.25, -0.2) is 0 Å². The minimum Gasteiger partial charge on any atom is -0.391 e. The summed E-state index contributed by atoms with van der Waals surface area (Å²) in [6.07, 6.45) is 1.67. The zero-order valence-corrected chi connectivity index (χ0v) is 14.9. The van der Waals surface area contributed by atoms with E-state index in [1.54, 1.807) is 18.2 Å². The van der Waals surface area contributed by atoms with Crippen LogP contribution in [-0.4, -0.2) is 29.6 Å². The number of allylic oxidation sites excluding steroid dienone is 1. The number of rotatable bonds is 8. The SMILES string of the molecule is CC(C)=CC(=O)NCc1ccc(C(=O)NCC(O)CC(C)C)cc1. The minimum absolute atomic E-state index is 0.129. The van der Waals surface area contributed by atoms with Gasteiger partial charge in [-0.2, -0.15) is 0 Å². The summed E-state index contributed by atoms with van der Waals surface area (Å²) in [6.45, 7) is 8.45. The van der Waals surface area contributed by atoms with Crippen molar-refractivity contribution in [3.05, 3.63) is 47.0 Å². The number of hydrogen-bond donors (Lipinski definition) is 3. The third-order valence-corrected chi connectivity index (χ3v) is 3.34. The van der Waals surface area contributed by atoms with Crippen LogP contribution < -0.4 is 10.6 Å². The first kappa shape index (κ1) is 19.9. The lowest BCUT2D eigenvalue weighted by molar-refractivity contribution is -0.116. The van der Waals surface area contributed by atoms with Gasteiger partial charge in [0.2, 0.25) is 5.91 Å². The number of hydrogen-bond acceptors (Lipinski definition) is 3. The fourth-order valence-electron chi connectivity index (χ4n) is 2.22. The first-order valence-electron chi connectivity index (χ1n) is 8.26. The van der Waals surface area contributed by atoms with E-state index >= 15 is 0 Å². The lowest BCUT2D eigenvalue weighted by Crippen LogP contribution is -2.32. The number of carbonyl (C=O) groups excluding carboxylic acids is 2. The molecule has 1 rings (SSSR count). The van der Waals surface area contributed by atoms with Crippen LogP contribution in [0.1, 0.15) is 50.0 Å². The normalized spacial score (nSPS) is 11.8.